The van der Waals surface area contributed by atoms with Crippen molar-refractivity contribution in [2.24, 2.45) is 16.5 Å². The van der Waals surface area contributed by atoms with Crippen molar-refractivity contribution in [3.63, 3.8) is 0 Å². The van der Waals surface area contributed by atoms with Gasteiger partial charge in [-0.1, -0.05) is 30.8 Å². The highest BCUT2D eigenvalue weighted by Gasteiger charge is 2.11. The normalized spacial score (nSPS) is 13.1. The number of anilines is 1. The number of rotatable bonds is 9. The number of aliphatic imine (C=N–C) groups is 1. The van der Waals surface area contributed by atoms with Crippen molar-refractivity contribution < 1.29 is 14.6 Å². The first kappa shape index (κ1) is 22.5. The molecule has 0 saturated carbocycles. The summed E-state index contributed by atoms with van der Waals surface area (Å²) in [6.45, 7) is 5.22. The van der Waals surface area contributed by atoms with Gasteiger partial charge in [0.25, 0.3) is 5.91 Å². The number of carbonyl (C=O) groups is 1. The third-order valence-electron chi connectivity index (χ3n) is 4.13. The molecule has 2 rings (SSSR count). The molecule has 1 unspecified atom stereocenters. The van der Waals surface area contributed by atoms with Gasteiger partial charge in [-0.2, -0.15) is 0 Å². The smallest absolute Gasteiger partial charge is 0.252 e. The predicted octanol–water partition coefficient (Wildman–Crippen LogP) is 1.93. The number of likely N-dealkylation sites (N-methyl/N-ethyl adjacent to an activating group) is 1. The molecule has 1 amide bonds. The molecule has 0 aliphatic carbocycles. The molecule has 0 aromatic heterocycles. The fraction of sp³-hybridized carbons (Fsp3) is 0.182. The second-order valence-corrected chi connectivity index (χ2v) is 6.42. The van der Waals surface area contributed by atoms with Gasteiger partial charge in [0.05, 0.1) is 5.70 Å². The van der Waals surface area contributed by atoms with E-state index in [1.165, 1.54) is 13.1 Å². The fourth-order valence-corrected chi connectivity index (χ4v) is 2.61. The van der Waals surface area contributed by atoms with E-state index in [1.807, 2.05) is 24.3 Å². The average molecular weight is 409 g/mol. The van der Waals surface area contributed by atoms with Crippen LogP contribution in [0.2, 0.25) is 0 Å². The van der Waals surface area contributed by atoms with Crippen LogP contribution >= 0.6 is 0 Å². The van der Waals surface area contributed by atoms with Gasteiger partial charge < -0.3 is 31.9 Å². The Morgan fingerprint density at radius 3 is 2.67 bits per heavy atom. The zero-order valence-electron chi connectivity index (χ0n) is 17.1. The molecule has 2 aromatic rings. The minimum Gasteiger partial charge on any atom is -0.489 e. The van der Waals surface area contributed by atoms with E-state index in [4.69, 9.17) is 16.2 Å². The van der Waals surface area contributed by atoms with Gasteiger partial charge in [0.2, 0.25) is 0 Å². The van der Waals surface area contributed by atoms with E-state index in [0.29, 0.717) is 22.8 Å². The van der Waals surface area contributed by atoms with Crippen LogP contribution in [-0.2, 0) is 11.4 Å². The predicted molar refractivity (Wildman–Crippen MR) is 120 cm³/mol. The number of ether oxygens (including phenoxy) is 1. The summed E-state index contributed by atoms with van der Waals surface area (Å²) >= 11 is 0. The summed E-state index contributed by atoms with van der Waals surface area (Å²) in [7, 11) is 1.71. The van der Waals surface area contributed by atoms with Crippen LogP contribution in [0.3, 0.4) is 0 Å². The summed E-state index contributed by atoms with van der Waals surface area (Å²) in [4.78, 5) is 15.6. The van der Waals surface area contributed by atoms with Gasteiger partial charge in [0.15, 0.2) is 0 Å². The topological polar surface area (TPSA) is 135 Å². The molecule has 2 aromatic carbocycles. The fourth-order valence-electron chi connectivity index (χ4n) is 2.61. The van der Waals surface area contributed by atoms with Crippen molar-refractivity contribution in [3.05, 3.63) is 78.1 Å². The lowest BCUT2D eigenvalue weighted by molar-refractivity contribution is -0.123. The molecular formula is C22H27N5O3. The summed E-state index contributed by atoms with van der Waals surface area (Å²) in [6.07, 6.45) is 0.260. The molecule has 0 fully saturated rings. The van der Waals surface area contributed by atoms with Crippen molar-refractivity contribution in [2.45, 2.75) is 19.6 Å². The molecule has 0 aliphatic heterocycles. The first-order chi connectivity index (χ1) is 14.3. The number of amides is 1. The van der Waals surface area contributed by atoms with Gasteiger partial charge in [-0.15, -0.1) is 0 Å². The maximum atomic E-state index is 11.6. The van der Waals surface area contributed by atoms with Crippen molar-refractivity contribution in [2.75, 3.05) is 12.4 Å². The lowest BCUT2D eigenvalue weighted by Gasteiger charge is -2.13. The molecule has 8 heteroatoms. The van der Waals surface area contributed by atoms with E-state index in [-0.39, 0.29) is 12.4 Å². The second kappa shape index (κ2) is 10.7. The van der Waals surface area contributed by atoms with Crippen LogP contribution in [0.5, 0.6) is 5.75 Å². The van der Waals surface area contributed by atoms with Gasteiger partial charge in [-0.3, -0.25) is 4.79 Å². The highest BCUT2D eigenvalue weighted by atomic mass is 16.5. The Morgan fingerprint density at radius 2 is 2.00 bits per heavy atom. The molecule has 1 atom stereocenters. The lowest BCUT2D eigenvalue weighted by Crippen LogP contribution is -2.27. The summed E-state index contributed by atoms with van der Waals surface area (Å²) in [5.74, 6) is 0.374. The highest BCUT2D eigenvalue weighted by molar-refractivity contribution is 6.03. The number of aliphatic hydroxyl groups is 1. The summed E-state index contributed by atoms with van der Waals surface area (Å²) in [6, 6.07) is 14.5. The van der Waals surface area contributed by atoms with Crippen LogP contribution in [0, 0.1) is 0 Å². The zero-order chi connectivity index (χ0) is 22.1. The van der Waals surface area contributed by atoms with Crippen LogP contribution in [0.15, 0.2) is 72.0 Å². The molecule has 158 valence electrons. The van der Waals surface area contributed by atoms with Crippen molar-refractivity contribution in [3.8, 4) is 5.75 Å². The van der Waals surface area contributed by atoms with Gasteiger partial charge >= 0.3 is 0 Å². The maximum Gasteiger partial charge on any atom is 0.252 e. The van der Waals surface area contributed by atoms with Crippen LogP contribution < -0.4 is 26.8 Å². The second-order valence-electron chi connectivity index (χ2n) is 6.42. The summed E-state index contributed by atoms with van der Waals surface area (Å²) in [5.41, 5.74) is 15.2. The lowest BCUT2D eigenvalue weighted by atomic mass is 10.1. The number of nitrogens with two attached hydrogens (primary N) is 2. The minimum atomic E-state index is -1.08. The maximum absolute atomic E-state index is 11.6. The van der Waals surface area contributed by atoms with Crippen molar-refractivity contribution in [1.29, 1.82) is 0 Å². The number of nitrogens with one attached hydrogen (secondary N) is 2. The van der Waals surface area contributed by atoms with E-state index < -0.39 is 12.0 Å². The van der Waals surface area contributed by atoms with E-state index in [9.17, 15) is 9.90 Å². The summed E-state index contributed by atoms with van der Waals surface area (Å²) < 4.78 is 5.87. The van der Waals surface area contributed by atoms with E-state index in [1.54, 1.807) is 31.3 Å². The molecule has 0 bridgehead atoms. The number of benzene rings is 2. The molecule has 0 heterocycles. The Balaban J connectivity index is 2.16. The molecular weight excluding hydrogens is 382 g/mol. The number of hydrogen-bond acceptors (Lipinski definition) is 6. The molecule has 8 nitrogen and oxygen atoms in total. The van der Waals surface area contributed by atoms with Crippen LogP contribution in [0.25, 0.3) is 5.70 Å². The van der Waals surface area contributed by atoms with Crippen LogP contribution in [0.4, 0.5) is 5.69 Å². The Hall–Kier alpha value is -3.78. The van der Waals surface area contributed by atoms with Gasteiger partial charge in [-0.05, 0) is 36.8 Å². The Kier molecular flexibility index (Phi) is 8.01. The number of hydrogen-bond donors (Lipinski definition) is 5. The monoisotopic (exact) mass is 409 g/mol. The number of amidine groups is 1. The first-order valence-electron chi connectivity index (χ1n) is 9.28. The SMILES string of the molecule is C=CN=C(N)/C(NC)=C(/N)c1cccc(OCc2cccc(NC(=O)C(C)O)c2)c1. The highest BCUT2D eigenvalue weighted by Crippen LogP contribution is 2.21. The van der Waals surface area contributed by atoms with E-state index in [0.717, 1.165) is 11.1 Å². The van der Waals surface area contributed by atoms with E-state index in [2.05, 4.69) is 22.2 Å². The molecule has 0 aliphatic rings. The number of nitrogens with zero attached hydrogens (tertiary/aromatic N) is 1. The minimum absolute atomic E-state index is 0.229. The van der Waals surface area contributed by atoms with Crippen LogP contribution in [-0.4, -0.2) is 30.0 Å². The van der Waals surface area contributed by atoms with Crippen LogP contribution in [0.1, 0.15) is 18.1 Å². The molecule has 7 N–H and O–H groups in total. The molecule has 30 heavy (non-hydrogen) atoms. The molecule has 0 spiro atoms. The van der Waals surface area contributed by atoms with Gasteiger partial charge in [0.1, 0.15) is 30.0 Å². The standard InChI is InChI=1S/C22H27N5O3/c1-4-26-21(24)20(25-3)19(23)16-8-6-10-18(12-16)30-13-15-7-5-9-17(11-15)27-22(29)14(2)28/h4-12,14,25,28H,1,13,23H2,2-3H3,(H2,24,26)(H,27,29)/b20-19-. The summed E-state index contributed by atoms with van der Waals surface area (Å²) in [5, 5.41) is 14.9. The quantitative estimate of drug-likeness (QED) is 0.317. The number of carbonyl (C=O) groups excluding carboxylic acids is 1. The van der Waals surface area contributed by atoms with Crippen molar-refractivity contribution >= 4 is 23.1 Å². The van der Waals surface area contributed by atoms with E-state index >= 15 is 0 Å². The third-order valence-corrected chi connectivity index (χ3v) is 4.13. The molecule has 0 saturated heterocycles. The van der Waals surface area contributed by atoms with Gasteiger partial charge in [-0.25, -0.2) is 4.99 Å². The Labute approximate surface area is 176 Å². The van der Waals surface area contributed by atoms with Gasteiger partial charge in [0, 0.05) is 24.5 Å². The average Bonchev–Trinajstić information content (AvgIpc) is 2.73. The Morgan fingerprint density at radius 1 is 1.27 bits per heavy atom. The zero-order valence-corrected chi connectivity index (χ0v) is 17.1. The largest absolute Gasteiger partial charge is 0.489 e. The number of aliphatic hydroxyl groups excluding tert-OH is 1. The third kappa shape index (κ3) is 6.11. The van der Waals surface area contributed by atoms with Crippen molar-refractivity contribution in [1.82, 2.24) is 5.32 Å². The molecule has 0 radical (unpaired) electrons. The Bertz CT molecular complexity index is 967. The first-order valence-corrected chi connectivity index (χ1v) is 9.28.